The fourth-order valence-corrected chi connectivity index (χ4v) is 2.60. The van der Waals surface area contributed by atoms with Crippen molar-refractivity contribution in [2.24, 2.45) is 0 Å². The largest absolute Gasteiger partial charge is 0.389 e. The first-order valence-electron chi connectivity index (χ1n) is 7.52. The molecule has 0 bridgehead atoms. The van der Waals surface area contributed by atoms with Gasteiger partial charge in [-0.05, 0) is 17.7 Å². The van der Waals surface area contributed by atoms with E-state index in [0.717, 1.165) is 5.69 Å². The van der Waals surface area contributed by atoms with Crippen molar-refractivity contribution in [3.8, 4) is 0 Å². The molecule has 0 aromatic heterocycles. The lowest BCUT2D eigenvalue weighted by atomic mass is 10.1. The summed E-state index contributed by atoms with van der Waals surface area (Å²) < 4.78 is 0. The number of aliphatic hydroxyl groups excluding tert-OH is 1. The number of nitrogens with zero attached hydrogens (tertiary/aromatic N) is 2. The molecule has 2 aromatic rings. The lowest BCUT2D eigenvalue weighted by Crippen LogP contribution is -2.56. The summed E-state index contributed by atoms with van der Waals surface area (Å²) in [6.07, 6.45) is -0.358. The molecule has 0 radical (unpaired) electrons. The summed E-state index contributed by atoms with van der Waals surface area (Å²) in [5, 5.41) is 9.35. The van der Waals surface area contributed by atoms with E-state index in [9.17, 15) is 9.90 Å². The Labute approximate surface area is 130 Å². The van der Waals surface area contributed by atoms with Crippen LogP contribution in [0.4, 0.5) is 5.69 Å². The highest BCUT2D eigenvalue weighted by molar-refractivity contribution is 5.82. The summed E-state index contributed by atoms with van der Waals surface area (Å²) in [5.41, 5.74) is 2.20. The van der Waals surface area contributed by atoms with Gasteiger partial charge in [-0.15, -0.1) is 0 Å². The highest BCUT2D eigenvalue weighted by atomic mass is 16.3. The van der Waals surface area contributed by atoms with Gasteiger partial charge in [-0.25, -0.2) is 0 Å². The molecule has 1 saturated heterocycles. The number of rotatable bonds is 5. The Morgan fingerprint density at radius 3 is 2.23 bits per heavy atom. The molecule has 0 saturated carbocycles. The zero-order chi connectivity index (χ0) is 15.4. The Kier molecular flexibility index (Phi) is 4.39. The van der Waals surface area contributed by atoms with Crippen LogP contribution >= 0.6 is 0 Å². The van der Waals surface area contributed by atoms with Crippen LogP contribution in [0.1, 0.15) is 5.56 Å². The van der Waals surface area contributed by atoms with Crippen molar-refractivity contribution in [3.05, 3.63) is 66.2 Å². The SMILES string of the molecule is O=C(CN(Cc1ccccc1)c1ccccc1)N1CC(O)C1. The average Bonchev–Trinajstić information content (AvgIpc) is 2.53. The molecule has 4 nitrogen and oxygen atoms in total. The molecule has 22 heavy (non-hydrogen) atoms. The number of carbonyl (C=O) groups is 1. The second-order valence-corrected chi connectivity index (χ2v) is 5.63. The van der Waals surface area contributed by atoms with Crippen molar-refractivity contribution >= 4 is 11.6 Å². The number of likely N-dealkylation sites (tertiary alicyclic amines) is 1. The maximum absolute atomic E-state index is 12.3. The molecule has 1 N–H and O–H groups in total. The molecule has 0 aliphatic carbocycles. The minimum Gasteiger partial charge on any atom is -0.389 e. The number of benzene rings is 2. The van der Waals surface area contributed by atoms with Crippen LogP contribution in [0.5, 0.6) is 0 Å². The summed E-state index contributed by atoms with van der Waals surface area (Å²) in [6.45, 7) is 1.91. The highest BCUT2D eigenvalue weighted by Crippen LogP contribution is 2.18. The van der Waals surface area contributed by atoms with E-state index in [1.807, 2.05) is 48.5 Å². The third-order valence-corrected chi connectivity index (χ3v) is 3.88. The first kappa shape index (κ1) is 14.6. The quantitative estimate of drug-likeness (QED) is 0.916. The number of β-amino-alcohol motifs (C(OH)–C–C–N with tert-alkyl or cyclic N) is 1. The van der Waals surface area contributed by atoms with Gasteiger partial charge in [0.05, 0.1) is 12.6 Å². The van der Waals surface area contributed by atoms with E-state index in [1.165, 1.54) is 5.56 Å². The van der Waals surface area contributed by atoms with Crippen molar-refractivity contribution in [2.45, 2.75) is 12.6 Å². The van der Waals surface area contributed by atoms with Gasteiger partial charge in [-0.3, -0.25) is 4.79 Å². The molecule has 3 rings (SSSR count). The van der Waals surface area contributed by atoms with E-state index < -0.39 is 0 Å². The number of carbonyl (C=O) groups excluding carboxylic acids is 1. The zero-order valence-electron chi connectivity index (χ0n) is 12.4. The number of anilines is 1. The van der Waals surface area contributed by atoms with Crippen LogP contribution in [0.3, 0.4) is 0 Å². The van der Waals surface area contributed by atoms with Gasteiger partial charge in [0.1, 0.15) is 0 Å². The molecule has 1 aliphatic heterocycles. The standard InChI is InChI=1S/C18H20N2O2/c21-17-12-20(13-17)18(22)14-19(16-9-5-2-6-10-16)11-15-7-3-1-4-8-15/h1-10,17,21H,11-14H2. The molecule has 1 heterocycles. The smallest absolute Gasteiger partial charge is 0.242 e. The molecule has 0 atom stereocenters. The van der Waals surface area contributed by atoms with Crippen LogP contribution in [0.2, 0.25) is 0 Å². The predicted octanol–water partition coefficient (Wildman–Crippen LogP) is 1.90. The highest BCUT2D eigenvalue weighted by Gasteiger charge is 2.29. The first-order chi connectivity index (χ1) is 10.7. The molecule has 1 amide bonds. The number of hydrogen-bond acceptors (Lipinski definition) is 3. The molecule has 4 heteroatoms. The number of para-hydroxylation sites is 1. The Hall–Kier alpha value is -2.33. The second-order valence-electron chi connectivity index (χ2n) is 5.63. The minimum absolute atomic E-state index is 0.0603. The lowest BCUT2D eigenvalue weighted by molar-refractivity contribution is -0.139. The van der Waals surface area contributed by atoms with Gasteiger partial charge < -0.3 is 14.9 Å². The molecule has 1 fully saturated rings. The summed E-state index contributed by atoms with van der Waals surface area (Å²) in [7, 11) is 0. The Bertz CT molecular complexity index is 609. The monoisotopic (exact) mass is 296 g/mol. The van der Waals surface area contributed by atoms with Crippen LogP contribution in [0, 0.1) is 0 Å². The summed E-state index contributed by atoms with van der Waals surface area (Å²) in [5.74, 6) is 0.0603. The fraction of sp³-hybridized carbons (Fsp3) is 0.278. The Morgan fingerprint density at radius 1 is 1.05 bits per heavy atom. The van der Waals surface area contributed by atoms with Gasteiger partial charge >= 0.3 is 0 Å². The first-order valence-corrected chi connectivity index (χ1v) is 7.52. The van der Waals surface area contributed by atoms with Gasteiger partial charge in [-0.1, -0.05) is 48.5 Å². The van der Waals surface area contributed by atoms with E-state index >= 15 is 0 Å². The zero-order valence-corrected chi connectivity index (χ0v) is 12.4. The molecule has 0 spiro atoms. The van der Waals surface area contributed by atoms with Crippen molar-refractivity contribution in [1.29, 1.82) is 0 Å². The molecular formula is C18H20N2O2. The van der Waals surface area contributed by atoms with Crippen LogP contribution in [-0.4, -0.2) is 41.7 Å². The van der Waals surface area contributed by atoms with Crippen molar-refractivity contribution in [3.63, 3.8) is 0 Å². The van der Waals surface area contributed by atoms with E-state index in [2.05, 4.69) is 17.0 Å². The van der Waals surface area contributed by atoms with Crippen LogP contribution in [-0.2, 0) is 11.3 Å². The third kappa shape index (κ3) is 3.46. The molecule has 1 aliphatic rings. The maximum Gasteiger partial charge on any atom is 0.242 e. The van der Waals surface area contributed by atoms with Gasteiger partial charge in [0.15, 0.2) is 0 Å². The second kappa shape index (κ2) is 6.62. The van der Waals surface area contributed by atoms with Gasteiger partial charge in [-0.2, -0.15) is 0 Å². The van der Waals surface area contributed by atoms with Crippen LogP contribution in [0.15, 0.2) is 60.7 Å². The van der Waals surface area contributed by atoms with Gasteiger partial charge in [0.25, 0.3) is 0 Å². The van der Waals surface area contributed by atoms with E-state index in [4.69, 9.17) is 0 Å². The number of amides is 1. The normalized spacial score (nSPS) is 14.5. The van der Waals surface area contributed by atoms with E-state index in [0.29, 0.717) is 26.2 Å². The topological polar surface area (TPSA) is 43.8 Å². The van der Waals surface area contributed by atoms with Gasteiger partial charge in [0.2, 0.25) is 5.91 Å². The van der Waals surface area contributed by atoms with Crippen LogP contribution in [0.25, 0.3) is 0 Å². The number of aliphatic hydroxyl groups is 1. The molecule has 114 valence electrons. The van der Waals surface area contributed by atoms with Crippen molar-refractivity contribution in [2.75, 3.05) is 24.5 Å². The van der Waals surface area contributed by atoms with Crippen molar-refractivity contribution in [1.82, 2.24) is 4.90 Å². The molecular weight excluding hydrogens is 276 g/mol. The Morgan fingerprint density at radius 2 is 1.64 bits per heavy atom. The number of hydrogen-bond donors (Lipinski definition) is 1. The maximum atomic E-state index is 12.3. The van der Waals surface area contributed by atoms with Crippen molar-refractivity contribution < 1.29 is 9.90 Å². The molecule has 2 aromatic carbocycles. The van der Waals surface area contributed by atoms with Crippen LogP contribution < -0.4 is 4.90 Å². The molecule has 0 unspecified atom stereocenters. The fourth-order valence-electron chi connectivity index (χ4n) is 2.60. The summed E-state index contributed by atoms with van der Waals surface area (Å²) >= 11 is 0. The van der Waals surface area contributed by atoms with E-state index in [1.54, 1.807) is 4.90 Å². The minimum atomic E-state index is -0.358. The van der Waals surface area contributed by atoms with Gasteiger partial charge in [0, 0.05) is 25.3 Å². The summed E-state index contributed by atoms with van der Waals surface area (Å²) in [4.78, 5) is 16.1. The Balaban J connectivity index is 1.73. The lowest BCUT2D eigenvalue weighted by Gasteiger charge is -2.37. The third-order valence-electron chi connectivity index (χ3n) is 3.88. The summed E-state index contributed by atoms with van der Waals surface area (Å²) in [6, 6.07) is 20.1. The van der Waals surface area contributed by atoms with E-state index in [-0.39, 0.29) is 12.0 Å². The average molecular weight is 296 g/mol. The predicted molar refractivity (Wildman–Crippen MR) is 86.5 cm³/mol.